The summed E-state index contributed by atoms with van der Waals surface area (Å²) in [5.41, 5.74) is 0. The first-order valence-electron chi connectivity index (χ1n) is 7.99. The molecule has 5 nitrogen and oxygen atoms in total. The maximum Gasteiger partial charge on any atom is 0.227 e. The zero-order valence-electron chi connectivity index (χ0n) is 12.5. The Kier molecular flexibility index (Phi) is 5.83. The molecule has 0 aromatic carbocycles. The molecule has 2 heterocycles. The molecule has 114 valence electrons. The monoisotopic (exact) mass is 281 g/mol. The average molecular weight is 281 g/mol. The number of amides is 2. The SMILES string of the molecule is CCCC(=O)NC1CCCN(C(=O)C2CCCNC2)C1. The lowest BCUT2D eigenvalue weighted by molar-refractivity contribution is -0.138. The minimum Gasteiger partial charge on any atom is -0.352 e. The third-order valence-electron chi connectivity index (χ3n) is 4.22. The Morgan fingerprint density at radius 1 is 1.30 bits per heavy atom. The molecule has 5 heteroatoms. The first kappa shape index (κ1) is 15.3. The van der Waals surface area contributed by atoms with Crippen molar-refractivity contribution in [2.45, 2.75) is 51.5 Å². The van der Waals surface area contributed by atoms with E-state index in [9.17, 15) is 9.59 Å². The standard InChI is InChI=1S/C15H27N3O2/c1-2-5-14(19)17-13-7-4-9-18(11-13)15(20)12-6-3-8-16-10-12/h12-13,16H,2-11H2,1H3,(H,17,19). The van der Waals surface area contributed by atoms with Gasteiger partial charge in [-0.2, -0.15) is 0 Å². The van der Waals surface area contributed by atoms with Gasteiger partial charge in [0.15, 0.2) is 0 Å². The molecule has 0 aromatic rings. The number of carbonyl (C=O) groups excluding carboxylic acids is 2. The molecule has 0 bridgehead atoms. The van der Waals surface area contributed by atoms with Crippen molar-refractivity contribution in [1.82, 2.24) is 15.5 Å². The van der Waals surface area contributed by atoms with E-state index in [1.165, 1.54) is 0 Å². The summed E-state index contributed by atoms with van der Waals surface area (Å²) in [5.74, 6) is 0.520. The lowest BCUT2D eigenvalue weighted by Gasteiger charge is -2.36. The molecule has 0 radical (unpaired) electrons. The zero-order valence-corrected chi connectivity index (χ0v) is 12.5. The zero-order chi connectivity index (χ0) is 14.4. The number of rotatable bonds is 4. The van der Waals surface area contributed by atoms with Gasteiger partial charge < -0.3 is 15.5 Å². The van der Waals surface area contributed by atoms with Gasteiger partial charge in [-0.15, -0.1) is 0 Å². The number of hydrogen-bond donors (Lipinski definition) is 2. The van der Waals surface area contributed by atoms with E-state index in [1.54, 1.807) is 0 Å². The number of hydrogen-bond acceptors (Lipinski definition) is 3. The van der Waals surface area contributed by atoms with Crippen LogP contribution in [-0.2, 0) is 9.59 Å². The normalized spacial score (nSPS) is 27.1. The predicted molar refractivity (Wildman–Crippen MR) is 78.2 cm³/mol. The van der Waals surface area contributed by atoms with E-state index < -0.39 is 0 Å². The molecule has 2 fully saturated rings. The third kappa shape index (κ3) is 4.20. The quantitative estimate of drug-likeness (QED) is 0.804. The summed E-state index contributed by atoms with van der Waals surface area (Å²) in [5, 5.41) is 6.36. The summed E-state index contributed by atoms with van der Waals surface area (Å²) in [6.07, 6.45) is 5.51. The Hall–Kier alpha value is -1.10. The van der Waals surface area contributed by atoms with Gasteiger partial charge in [0.2, 0.25) is 11.8 Å². The van der Waals surface area contributed by atoms with E-state index in [1.807, 2.05) is 11.8 Å². The van der Waals surface area contributed by atoms with Crippen LogP contribution >= 0.6 is 0 Å². The third-order valence-corrected chi connectivity index (χ3v) is 4.22. The number of nitrogens with one attached hydrogen (secondary N) is 2. The molecule has 2 aliphatic rings. The van der Waals surface area contributed by atoms with Crippen LogP contribution in [-0.4, -0.2) is 48.9 Å². The molecule has 2 saturated heterocycles. The number of piperidine rings is 2. The van der Waals surface area contributed by atoms with Crippen molar-refractivity contribution in [2.75, 3.05) is 26.2 Å². The molecule has 2 atom stereocenters. The molecule has 0 aliphatic carbocycles. The van der Waals surface area contributed by atoms with Crippen LogP contribution in [0.2, 0.25) is 0 Å². The van der Waals surface area contributed by atoms with Crippen molar-refractivity contribution >= 4 is 11.8 Å². The van der Waals surface area contributed by atoms with Crippen molar-refractivity contribution in [2.24, 2.45) is 5.92 Å². The lowest BCUT2D eigenvalue weighted by Crippen LogP contribution is -2.52. The second-order valence-corrected chi connectivity index (χ2v) is 5.98. The molecular weight excluding hydrogens is 254 g/mol. The Labute approximate surface area is 121 Å². The van der Waals surface area contributed by atoms with Gasteiger partial charge in [0.25, 0.3) is 0 Å². The van der Waals surface area contributed by atoms with Gasteiger partial charge >= 0.3 is 0 Å². The largest absolute Gasteiger partial charge is 0.352 e. The molecule has 2 aliphatic heterocycles. The van der Waals surface area contributed by atoms with Crippen LogP contribution in [0.25, 0.3) is 0 Å². The fourth-order valence-electron chi connectivity index (χ4n) is 3.14. The fourth-order valence-corrected chi connectivity index (χ4v) is 3.14. The highest BCUT2D eigenvalue weighted by atomic mass is 16.2. The smallest absolute Gasteiger partial charge is 0.227 e. The molecule has 2 amide bonds. The summed E-state index contributed by atoms with van der Waals surface area (Å²) < 4.78 is 0. The maximum absolute atomic E-state index is 12.5. The van der Waals surface area contributed by atoms with E-state index in [0.717, 1.165) is 51.7 Å². The number of nitrogens with zero attached hydrogens (tertiary/aromatic N) is 1. The molecule has 0 spiro atoms. The molecule has 0 aromatic heterocycles. The summed E-state index contributed by atoms with van der Waals surface area (Å²) in [7, 11) is 0. The molecule has 0 saturated carbocycles. The average Bonchev–Trinajstić information content (AvgIpc) is 2.48. The minimum absolute atomic E-state index is 0.117. The Balaban J connectivity index is 1.82. The van der Waals surface area contributed by atoms with Crippen molar-refractivity contribution in [1.29, 1.82) is 0 Å². The van der Waals surface area contributed by atoms with Crippen molar-refractivity contribution < 1.29 is 9.59 Å². The van der Waals surface area contributed by atoms with Crippen molar-refractivity contribution in [3.05, 3.63) is 0 Å². The molecule has 2 unspecified atom stereocenters. The maximum atomic E-state index is 12.5. The van der Waals surface area contributed by atoms with Gasteiger partial charge in [-0.25, -0.2) is 0 Å². The van der Waals surface area contributed by atoms with Gasteiger partial charge in [-0.1, -0.05) is 6.92 Å². The summed E-state index contributed by atoms with van der Waals surface area (Å²) in [6, 6.07) is 0.142. The highest BCUT2D eigenvalue weighted by Gasteiger charge is 2.30. The molecule has 20 heavy (non-hydrogen) atoms. The van der Waals surface area contributed by atoms with Crippen LogP contribution in [0.15, 0.2) is 0 Å². The van der Waals surface area contributed by atoms with Crippen molar-refractivity contribution in [3.63, 3.8) is 0 Å². The van der Waals surface area contributed by atoms with Gasteiger partial charge in [0.05, 0.1) is 5.92 Å². The summed E-state index contributed by atoms with van der Waals surface area (Å²) in [6.45, 7) is 5.37. The van der Waals surface area contributed by atoms with Crippen LogP contribution in [0.4, 0.5) is 0 Å². The predicted octanol–water partition coefficient (Wildman–Crippen LogP) is 0.893. The molecular formula is C15H27N3O2. The minimum atomic E-state index is 0.117. The fraction of sp³-hybridized carbons (Fsp3) is 0.867. The van der Waals surface area contributed by atoms with Gasteiger partial charge in [-0.3, -0.25) is 9.59 Å². The summed E-state index contributed by atoms with van der Waals surface area (Å²) in [4.78, 5) is 26.1. The van der Waals surface area contributed by atoms with Gasteiger partial charge in [-0.05, 0) is 38.6 Å². The molecule has 2 rings (SSSR count). The van der Waals surface area contributed by atoms with E-state index in [4.69, 9.17) is 0 Å². The number of likely N-dealkylation sites (tertiary alicyclic amines) is 1. The van der Waals surface area contributed by atoms with Gasteiger partial charge in [0.1, 0.15) is 0 Å². The van der Waals surface area contributed by atoms with E-state index in [0.29, 0.717) is 13.0 Å². The van der Waals surface area contributed by atoms with Crippen molar-refractivity contribution in [3.8, 4) is 0 Å². The first-order valence-corrected chi connectivity index (χ1v) is 7.99. The van der Waals surface area contributed by atoms with Crippen LogP contribution < -0.4 is 10.6 Å². The van der Waals surface area contributed by atoms with Crippen LogP contribution in [0, 0.1) is 5.92 Å². The number of carbonyl (C=O) groups is 2. The topological polar surface area (TPSA) is 61.4 Å². The molecule has 2 N–H and O–H groups in total. The highest BCUT2D eigenvalue weighted by Crippen LogP contribution is 2.18. The highest BCUT2D eigenvalue weighted by molar-refractivity contribution is 5.80. The van der Waals surface area contributed by atoms with E-state index >= 15 is 0 Å². The van der Waals surface area contributed by atoms with E-state index in [-0.39, 0.29) is 23.8 Å². The first-order chi connectivity index (χ1) is 9.70. The summed E-state index contributed by atoms with van der Waals surface area (Å²) >= 11 is 0. The van der Waals surface area contributed by atoms with Crippen LogP contribution in [0.5, 0.6) is 0 Å². The van der Waals surface area contributed by atoms with Gasteiger partial charge in [0, 0.05) is 32.1 Å². The van der Waals surface area contributed by atoms with E-state index in [2.05, 4.69) is 10.6 Å². The van der Waals surface area contributed by atoms with Crippen LogP contribution in [0.1, 0.15) is 45.4 Å². The Morgan fingerprint density at radius 2 is 2.15 bits per heavy atom. The second kappa shape index (κ2) is 7.62. The second-order valence-electron chi connectivity index (χ2n) is 5.98. The Bertz CT molecular complexity index is 340. The van der Waals surface area contributed by atoms with Crippen LogP contribution in [0.3, 0.4) is 0 Å². The Morgan fingerprint density at radius 3 is 2.85 bits per heavy atom. The lowest BCUT2D eigenvalue weighted by atomic mass is 9.96.